The van der Waals surface area contributed by atoms with Gasteiger partial charge in [0.2, 0.25) is 5.13 Å². The van der Waals surface area contributed by atoms with Crippen LogP contribution in [-0.4, -0.2) is 45.7 Å². The second kappa shape index (κ2) is 7.56. The molecule has 0 saturated carbocycles. The Kier molecular flexibility index (Phi) is 5.24. The van der Waals surface area contributed by atoms with Crippen molar-refractivity contribution >= 4 is 39.8 Å². The van der Waals surface area contributed by atoms with E-state index in [0.717, 1.165) is 33.7 Å². The van der Waals surface area contributed by atoms with Crippen LogP contribution in [0.4, 0.5) is 5.13 Å². The predicted molar refractivity (Wildman–Crippen MR) is 94.1 cm³/mol. The van der Waals surface area contributed by atoms with Crippen LogP contribution in [0.25, 0.3) is 0 Å². The molecule has 0 atom stereocenters. The summed E-state index contributed by atoms with van der Waals surface area (Å²) in [6.45, 7) is 3.46. The number of hydrogen-bond donors (Lipinski definition) is 1. The molecule has 0 fully saturated rings. The highest BCUT2D eigenvalue weighted by Gasteiger charge is 2.21. The molecule has 1 amide bonds. The number of amides is 1. The molecule has 1 aliphatic heterocycles. The number of carbonyl (C=O) groups is 1. The molecule has 8 heteroatoms. The standard InChI is InChI=1S/C15H17N5OS2/c1-2-16-14-17-18-15(23-14)22-10-13(21)20-9-8-12(19-20)11-6-4-3-5-7-11/h3-7H,2,8-10H2,1H3,(H,16,17). The van der Waals surface area contributed by atoms with Gasteiger partial charge in [-0.05, 0) is 12.5 Å². The van der Waals surface area contributed by atoms with Gasteiger partial charge in [-0.2, -0.15) is 5.10 Å². The van der Waals surface area contributed by atoms with Gasteiger partial charge < -0.3 is 5.32 Å². The molecule has 1 aromatic heterocycles. The van der Waals surface area contributed by atoms with E-state index in [1.54, 1.807) is 5.01 Å². The van der Waals surface area contributed by atoms with Crippen molar-refractivity contribution in [3.05, 3.63) is 35.9 Å². The number of aromatic nitrogens is 2. The lowest BCUT2D eigenvalue weighted by Crippen LogP contribution is -2.25. The monoisotopic (exact) mass is 347 g/mol. The Balaban J connectivity index is 1.55. The zero-order valence-electron chi connectivity index (χ0n) is 12.7. The van der Waals surface area contributed by atoms with E-state index in [1.165, 1.54) is 23.1 Å². The van der Waals surface area contributed by atoms with Gasteiger partial charge in [0, 0.05) is 13.0 Å². The molecular formula is C15H17N5OS2. The van der Waals surface area contributed by atoms with Crippen LogP contribution >= 0.6 is 23.1 Å². The minimum atomic E-state index is 0.00105. The second-order valence-corrected chi connectivity index (χ2v) is 7.07. The maximum absolute atomic E-state index is 12.3. The van der Waals surface area contributed by atoms with Crippen molar-refractivity contribution in [1.82, 2.24) is 15.2 Å². The summed E-state index contributed by atoms with van der Waals surface area (Å²) < 4.78 is 0.792. The van der Waals surface area contributed by atoms with Gasteiger partial charge in [0.05, 0.1) is 18.0 Å². The van der Waals surface area contributed by atoms with Crippen molar-refractivity contribution in [2.45, 2.75) is 17.7 Å². The summed E-state index contributed by atoms with van der Waals surface area (Å²) in [6, 6.07) is 9.98. The third kappa shape index (κ3) is 4.08. The van der Waals surface area contributed by atoms with Crippen molar-refractivity contribution in [3.8, 4) is 0 Å². The highest BCUT2D eigenvalue weighted by Crippen LogP contribution is 2.26. The number of hydrazone groups is 1. The molecule has 23 heavy (non-hydrogen) atoms. The van der Waals surface area contributed by atoms with E-state index in [0.29, 0.717) is 12.3 Å². The van der Waals surface area contributed by atoms with Crippen LogP contribution in [-0.2, 0) is 4.79 Å². The largest absolute Gasteiger partial charge is 0.360 e. The first-order chi connectivity index (χ1) is 11.3. The van der Waals surface area contributed by atoms with Gasteiger partial charge in [-0.25, -0.2) is 5.01 Å². The lowest BCUT2D eigenvalue weighted by atomic mass is 10.1. The number of hydrogen-bond acceptors (Lipinski definition) is 7. The molecule has 120 valence electrons. The SMILES string of the molecule is CCNc1nnc(SCC(=O)N2CCC(c3ccccc3)=N2)s1. The molecular weight excluding hydrogens is 330 g/mol. The molecule has 2 aromatic rings. The molecule has 0 aliphatic carbocycles. The van der Waals surface area contributed by atoms with Crippen molar-refractivity contribution in [3.63, 3.8) is 0 Å². The molecule has 0 bridgehead atoms. The van der Waals surface area contributed by atoms with Gasteiger partial charge in [0.15, 0.2) is 4.34 Å². The quantitative estimate of drug-likeness (QED) is 0.814. The molecule has 3 rings (SSSR count). The predicted octanol–water partition coefficient (Wildman–Crippen LogP) is 2.70. The van der Waals surface area contributed by atoms with Crippen LogP contribution in [0.15, 0.2) is 39.8 Å². The Bertz CT molecular complexity index is 701. The second-order valence-electron chi connectivity index (χ2n) is 4.87. The maximum atomic E-state index is 12.3. The minimum Gasteiger partial charge on any atom is -0.360 e. The summed E-state index contributed by atoms with van der Waals surface area (Å²) in [5, 5.41) is 18.0. The van der Waals surface area contributed by atoms with E-state index in [9.17, 15) is 4.79 Å². The maximum Gasteiger partial charge on any atom is 0.253 e. The summed E-state index contributed by atoms with van der Waals surface area (Å²) in [5.41, 5.74) is 2.05. The highest BCUT2D eigenvalue weighted by atomic mass is 32.2. The number of nitrogens with one attached hydrogen (secondary N) is 1. The Morgan fingerprint density at radius 2 is 2.17 bits per heavy atom. The average molecular weight is 347 g/mol. The van der Waals surface area contributed by atoms with Gasteiger partial charge in [-0.1, -0.05) is 53.4 Å². The normalized spacial score (nSPS) is 14.0. The summed E-state index contributed by atoms with van der Waals surface area (Å²) in [5.74, 6) is 0.327. The van der Waals surface area contributed by atoms with Crippen LogP contribution in [0.2, 0.25) is 0 Å². The first-order valence-corrected chi connectivity index (χ1v) is 9.20. The first kappa shape index (κ1) is 15.9. The minimum absolute atomic E-state index is 0.00105. The van der Waals surface area contributed by atoms with Crippen molar-refractivity contribution in [1.29, 1.82) is 0 Å². The number of benzene rings is 1. The zero-order valence-corrected chi connectivity index (χ0v) is 14.4. The molecule has 6 nitrogen and oxygen atoms in total. The third-order valence-corrected chi connectivity index (χ3v) is 5.25. The van der Waals surface area contributed by atoms with Gasteiger partial charge in [-0.15, -0.1) is 10.2 Å². The number of thioether (sulfide) groups is 1. The summed E-state index contributed by atoms with van der Waals surface area (Å²) in [7, 11) is 0. The fraction of sp³-hybridized carbons (Fsp3) is 0.333. The van der Waals surface area contributed by atoms with E-state index in [1.807, 2.05) is 37.3 Å². The van der Waals surface area contributed by atoms with Gasteiger partial charge in [-0.3, -0.25) is 4.79 Å². The van der Waals surface area contributed by atoms with Crippen LogP contribution in [0.3, 0.4) is 0 Å². The number of rotatable bonds is 6. The van der Waals surface area contributed by atoms with Crippen LogP contribution in [0.5, 0.6) is 0 Å². The van der Waals surface area contributed by atoms with Crippen LogP contribution in [0, 0.1) is 0 Å². The van der Waals surface area contributed by atoms with E-state index >= 15 is 0 Å². The number of anilines is 1. The van der Waals surface area contributed by atoms with Crippen molar-refractivity contribution in [2.24, 2.45) is 5.10 Å². The topological polar surface area (TPSA) is 70.5 Å². The van der Waals surface area contributed by atoms with Crippen molar-refractivity contribution < 1.29 is 4.79 Å². The highest BCUT2D eigenvalue weighted by molar-refractivity contribution is 8.01. The van der Waals surface area contributed by atoms with Crippen LogP contribution < -0.4 is 5.32 Å². The summed E-state index contributed by atoms with van der Waals surface area (Å²) >= 11 is 2.87. The molecule has 2 heterocycles. The average Bonchev–Trinajstić information content (AvgIpc) is 3.23. The third-order valence-electron chi connectivity index (χ3n) is 3.25. The summed E-state index contributed by atoms with van der Waals surface area (Å²) in [4.78, 5) is 12.3. The Morgan fingerprint density at radius 3 is 2.96 bits per heavy atom. The zero-order chi connectivity index (χ0) is 16.1. The lowest BCUT2D eigenvalue weighted by molar-refractivity contribution is -0.127. The Morgan fingerprint density at radius 1 is 1.35 bits per heavy atom. The molecule has 0 radical (unpaired) electrons. The van der Waals surface area contributed by atoms with E-state index in [2.05, 4.69) is 20.6 Å². The van der Waals surface area contributed by atoms with E-state index < -0.39 is 0 Å². The molecule has 1 aliphatic rings. The molecule has 1 N–H and O–H groups in total. The molecule has 1 aromatic carbocycles. The first-order valence-electron chi connectivity index (χ1n) is 7.39. The molecule has 0 spiro atoms. The van der Waals surface area contributed by atoms with E-state index in [4.69, 9.17) is 0 Å². The summed E-state index contributed by atoms with van der Waals surface area (Å²) in [6.07, 6.45) is 0.795. The van der Waals surface area contributed by atoms with Crippen LogP contribution in [0.1, 0.15) is 18.9 Å². The van der Waals surface area contributed by atoms with Gasteiger partial charge in [0.25, 0.3) is 5.91 Å². The lowest BCUT2D eigenvalue weighted by Gasteiger charge is -2.09. The molecule has 0 saturated heterocycles. The Hall–Kier alpha value is -1.93. The fourth-order valence-corrected chi connectivity index (χ4v) is 3.85. The number of carbonyl (C=O) groups excluding carboxylic acids is 1. The molecule has 0 unspecified atom stereocenters. The van der Waals surface area contributed by atoms with Gasteiger partial charge in [0.1, 0.15) is 0 Å². The fourth-order valence-electron chi connectivity index (χ4n) is 2.16. The van der Waals surface area contributed by atoms with Crippen molar-refractivity contribution in [2.75, 3.05) is 24.2 Å². The van der Waals surface area contributed by atoms with E-state index in [-0.39, 0.29) is 5.91 Å². The Labute approximate surface area is 143 Å². The van der Waals surface area contributed by atoms with Gasteiger partial charge >= 0.3 is 0 Å². The smallest absolute Gasteiger partial charge is 0.253 e. The number of nitrogens with zero attached hydrogens (tertiary/aromatic N) is 4.